The van der Waals surface area contributed by atoms with Gasteiger partial charge in [0, 0.05) is 34.4 Å². The number of fused-ring (bicyclic) bond motifs is 1. The highest BCUT2D eigenvalue weighted by Gasteiger charge is 2.31. The van der Waals surface area contributed by atoms with Gasteiger partial charge in [0.2, 0.25) is 0 Å². The van der Waals surface area contributed by atoms with E-state index in [4.69, 9.17) is 15.0 Å². The minimum absolute atomic E-state index is 0.160. The van der Waals surface area contributed by atoms with Gasteiger partial charge in [-0.1, -0.05) is 30.4 Å². The molecule has 5 N–H and O–H groups in total. The number of aliphatic hydroxyl groups is 1. The Balaban J connectivity index is 1.81. The van der Waals surface area contributed by atoms with E-state index in [1.165, 1.54) is 6.21 Å². The van der Waals surface area contributed by atoms with Gasteiger partial charge in [-0.25, -0.2) is 0 Å². The minimum atomic E-state index is -3.58. The maximum absolute atomic E-state index is 11.5. The fraction of sp³-hybridized carbons (Fsp3) is 0.429. The van der Waals surface area contributed by atoms with E-state index >= 15 is 0 Å². The largest absolute Gasteiger partial charge is 0.386 e. The number of para-hydroxylation sites is 1. The van der Waals surface area contributed by atoms with Gasteiger partial charge < -0.3 is 26.2 Å². The summed E-state index contributed by atoms with van der Waals surface area (Å²) in [6, 6.07) is 6.82. The van der Waals surface area contributed by atoms with Crippen molar-refractivity contribution in [1.29, 1.82) is 10.8 Å². The van der Waals surface area contributed by atoms with Crippen LogP contribution in [0.1, 0.15) is 37.4 Å². The lowest BCUT2D eigenvalue weighted by atomic mass is 9.92. The van der Waals surface area contributed by atoms with Gasteiger partial charge in [0.15, 0.2) is 0 Å². The van der Waals surface area contributed by atoms with Crippen LogP contribution in [0.4, 0.5) is 0 Å². The molecule has 0 aliphatic heterocycles. The lowest BCUT2D eigenvalue weighted by Crippen LogP contribution is -2.48. The molecule has 1 heterocycles. The van der Waals surface area contributed by atoms with Crippen molar-refractivity contribution in [3.63, 3.8) is 0 Å². The van der Waals surface area contributed by atoms with Crippen molar-refractivity contribution in [2.24, 2.45) is 0 Å². The van der Waals surface area contributed by atoms with Crippen molar-refractivity contribution in [2.45, 2.75) is 50.0 Å². The van der Waals surface area contributed by atoms with Crippen molar-refractivity contribution in [3.05, 3.63) is 48.2 Å². The van der Waals surface area contributed by atoms with Gasteiger partial charge in [0.05, 0.1) is 18.4 Å². The normalized spacial score (nSPS) is 21.4. The molecule has 162 valence electrons. The first kappa shape index (κ1) is 22.4. The Labute approximate surface area is 176 Å². The van der Waals surface area contributed by atoms with Gasteiger partial charge >= 0.3 is 0 Å². The zero-order valence-electron chi connectivity index (χ0n) is 16.8. The van der Waals surface area contributed by atoms with E-state index in [-0.39, 0.29) is 6.04 Å². The number of H-pyrrole nitrogens is 1. The molecule has 0 fully saturated rings. The number of nitrogens with one attached hydrogen (secondary N) is 4. The molecular weight excluding hydrogens is 404 g/mol. The smallest absolute Gasteiger partial charge is 0.264 e. The summed E-state index contributed by atoms with van der Waals surface area (Å²) in [4.78, 5) is 3.15. The van der Waals surface area contributed by atoms with Gasteiger partial charge in [-0.2, -0.15) is 8.42 Å². The maximum Gasteiger partial charge on any atom is 0.264 e. The van der Waals surface area contributed by atoms with Crippen LogP contribution in [0.25, 0.3) is 10.9 Å². The second-order valence-corrected chi connectivity index (χ2v) is 9.18. The number of aromatic nitrogens is 1. The van der Waals surface area contributed by atoms with E-state index in [0.29, 0.717) is 37.0 Å². The van der Waals surface area contributed by atoms with Gasteiger partial charge in [-0.05, 0) is 38.0 Å². The number of aliphatic hydroxyl groups excluding tert-OH is 1. The Morgan fingerprint density at radius 1 is 1.43 bits per heavy atom. The second-order valence-electron chi connectivity index (χ2n) is 7.58. The number of aromatic amines is 1. The van der Waals surface area contributed by atoms with Crippen LogP contribution >= 0.6 is 0 Å². The van der Waals surface area contributed by atoms with Gasteiger partial charge in [-0.3, -0.25) is 4.18 Å². The Hall–Kier alpha value is -2.33. The van der Waals surface area contributed by atoms with Crippen LogP contribution in [0.2, 0.25) is 0 Å². The summed E-state index contributed by atoms with van der Waals surface area (Å²) in [6.07, 6.45) is 7.89. The molecule has 9 heteroatoms. The molecule has 4 unspecified atom stereocenters. The van der Waals surface area contributed by atoms with Crippen molar-refractivity contribution >= 4 is 32.9 Å². The van der Waals surface area contributed by atoms with Crippen LogP contribution in [0.15, 0.2) is 42.6 Å². The van der Waals surface area contributed by atoms with Gasteiger partial charge in [0.25, 0.3) is 10.1 Å². The molecule has 1 aromatic carbocycles. The first-order chi connectivity index (χ1) is 14.3. The molecule has 0 saturated heterocycles. The van der Waals surface area contributed by atoms with Crippen molar-refractivity contribution in [3.8, 4) is 0 Å². The van der Waals surface area contributed by atoms with Crippen molar-refractivity contribution in [2.75, 3.05) is 6.26 Å². The summed E-state index contributed by atoms with van der Waals surface area (Å²) in [5.74, 6) is 0. The molecule has 1 aromatic heterocycles. The predicted molar refractivity (Wildman–Crippen MR) is 118 cm³/mol. The van der Waals surface area contributed by atoms with Crippen molar-refractivity contribution < 1.29 is 17.7 Å². The van der Waals surface area contributed by atoms with Gasteiger partial charge in [-0.15, -0.1) is 0 Å². The fourth-order valence-corrected chi connectivity index (χ4v) is 4.41. The molecule has 0 amide bonds. The van der Waals surface area contributed by atoms with E-state index in [9.17, 15) is 13.5 Å². The average molecular weight is 433 g/mol. The quantitative estimate of drug-likeness (QED) is 0.223. The summed E-state index contributed by atoms with van der Waals surface area (Å²) in [6.45, 7) is 0. The number of hydrogen-bond acceptors (Lipinski definition) is 7. The van der Waals surface area contributed by atoms with Crippen LogP contribution in [-0.4, -0.2) is 54.9 Å². The molecule has 0 radical (unpaired) electrons. The topological polar surface area (TPSA) is 139 Å². The predicted octanol–water partition coefficient (Wildman–Crippen LogP) is 2.67. The summed E-state index contributed by atoms with van der Waals surface area (Å²) >= 11 is 0. The standard InChI is InChI=1S/C21H28N4O4S/c1-30(27,28)29-15-7-4-6-14(12-15)25-20(18(23)9-5-11-22)21(26)17-13-24-19-10-3-2-8-16(17)19/h2-4,7-8,10-11,13-15,20-26H,5-6,9,12H2,1H3. The molecule has 30 heavy (non-hydrogen) atoms. The second kappa shape index (κ2) is 9.65. The molecule has 0 spiro atoms. The Bertz CT molecular complexity index is 1030. The third-order valence-corrected chi connectivity index (χ3v) is 5.79. The fourth-order valence-electron chi connectivity index (χ4n) is 3.82. The number of benzene rings is 1. The third-order valence-electron chi connectivity index (χ3n) is 5.19. The molecule has 1 aliphatic carbocycles. The van der Waals surface area contributed by atoms with Crippen LogP contribution in [0.5, 0.6) is 0 Å². The first-order valence-corrected chi connectivity index (χ1v) is 11.7. The monoisotopic (exact) mass is 432 g/mol. The van der Waals surface area contributed by atoms with Crippen LogP contribution in [0.3, 0.4) is 0 Å². The van der Waals surface area contributed by atoms with Gasteiger partial charge in [0.1, 0.15) is 6.10 Å². The lowest BCUT2D eigenvalue weighted by molar-refractivity contribution is 0.140. The highest BCUT2D eigenvalue weighted by atomic mass is 32.2. The highest BCUT2D eigenvalue weighted by Crippen LogP contribution is 2.28. The highest BCUT2D eigenvalue weighted by molar-refractivity contribution is 7.86. The zero-order chi connectivity index (χ0) is 21.7. The lowest BCUT2D eigenvalue weighted by Gasteiger charge is -2.32. The molecule has 1 aliphatic rings. The minimum Gasteiger partial charge on any atom is -0.386 e. The SMILES string of the molecule is CS(=O)(=O)OC1C=CCC(NC(C(=N)CCC=N)C(O)c2c[nH]c3ccccc23)C1. The van der Waals surface area contributed by atoms with E-state index < -0.39 is 28.4 Å². The van der Waals surface area contributed by atoms with Crippen molar-refractivity contribution in [1.82, 2.24) is 10.3 Å². The van der Waals surface area contributed by atoms with Crippen LogP contribution in [-0.2, 0) is 14.3 Å². The van der Waals surface area contributed by atoms with E-state index in [2.05, 4.69) is 10.3 Å². The molecule has 3 rings (SSSR count). The summed E-state index contributed by atoms with van der Waals surface area (Å²) < 4.78 is 28.0. The third kappa shape index (κ3) is 5.63. The molecule has 0 bridgehead atoms. The van der Waals surface area contributed by atoms with E-state index in [1.807, 2.05) is 30.3 Å². The van der Waals surface area contributed by atoms with E-state index in [1.54, 1.807) is 12.3 Å². The molecule has 4 atom stereocenters. The molecular formula is C21H28N4O4S. The average Bonchev–Trinajstić information content (AvgIpc) is 3.13. The first-order valence-electron chi connectivity index (χ1n) is 9.90. The Morgan fingerprint density at radius 3 is 2.93 bits per heavy atom. The zero-order valence-corrected chi connectivity index (χ0v) is 17.7. The summed E-state index contributed by atoms with van der Waals surface area (Å²) in [7, 11) is -3.58. The van der Waals surface area contributed by atoms with Crippen LogP contribution < -0.4 is 5.32 Å². The maximum atomic E-state index is 11.5. The summed E-state index contributed by atoms with van der Waals surface area (Å²) in [5.41, 5.74) is 1.89. The van der Waals surface area contributed by atoms with E-state index in [0.717, 1.165) is 17.2 Å². The number of hydrogen-bond donors (Lipinski definition) is 5. The summed E-state index contributed by atoms with van der Waals surface area (Å²) in [5, 5.41) is 31.2. The molecule has 0 saturated carbocycles. The Kier molecular flexibility index (Phi) is 7.19. The molecule has 8 nitrogen and oxygen atoms in total. The molecule has 2 aromatic rings. The van der Waals surface area contributed by atoms with Crippen LogP contribution in [0, 0.1) is 10.8 Å². The number of rotatable bonds is 10. The Morgan fingerprint density at radius 2 is 2.20 bits per heavy atom.